The number of ketones is 1. The normalized spacial score (nSPS) is 12.6. The van der Waals surface area contributed by atoms with Crippen LogP contribution in [0.3, 0.4) is 0 Å². The first-order chi connectivity index (χ1) is 16.2. The van der Waals surface area contributed by atoms with Gasteiger partial charge in [0.15, 0.2) is 0 Å². The van der Waals surface area contributed by atoms with Gasteiger partial charge in [0.05, 0.1) is 17.9 Å². The van der Waals surface area contributed by atoms with Crippen molar-refractivity contribution in [3.8, 4) is 0 Å². The van der Waals surface area contributed by atoms with Gasteiger partial charge in [-0.15, -0.1) is 0 Å². The van der Waals surface area contributed by atoms with Gasteiger partial charge in [-0.25, -0.2) is 4.79 Å². The fourth-order valence-electron chi connectivity index (χ4n) is 4.46. The molecule has 1 N–H and O–H groups in total. The largest absolute Gasteiger partial charge is 0.462 e. The molecule has 2 heterocycles. The molecule has 1 unspecified atom stereocenters. The second kappa shape index (κ2) is 11.0. The molecule has 5 nitrogen and oxygen atoms in total. The number of fused-ring (bicyclic) bond motifs is 1. The monoisotopic (exact) mass is 462 g/mol. The van der Waals surface area contributed by atoms with E-state index >= 15 is 0 Å². The highest BCUT2D eigenvalue weighted by Gasteiger charge is 2.23. The molecule has 0 spiro atoms. The van der Waals surface area contributed by atoms with Crippen LogP contribution in [0.4, 0.5) is 0 Å². The molecular formula is C29H38N2O3. The molecule has 0 aliphatic carbocycles. The first-order valence-electron chi connectivity index (χ1n) is 12.4. The summed E-state index contributed by atoms with van der Waals surface area (Å²) in [4.78, 5) is 25.6. The van der Waals surface area contributed by atoms with Gasteiger partial charge < -0.3 is 14.5 Å². The molecule has 0 saturated heterocycles. The summed E-state index contributed by atoms with van der Waals surface area (Å²) in [6.07, 6.45) is 4.54. The standard InChI is InChI=1S/C29H38N2O3/c1-7-21-18-24-19-23(28(33)34-9-3)16-17-31(24)26(21)27(32)22-13-10-20(11-14-22)12-15-25(30-8-2)29(4,5)6/h10-11,13-14,16-19,25,30H,7-9,12,15H2,1-6H3. The van der Waals surface area contributed by atoms with Crippen LogP contribution >= 0.6 is 0 Å². The van der Waals surface area contributed by atoms with Crippen LogP contribution < -0.4 is 5.32 Å². The van der Waals surface area contributed by atoms with E-state index < -0.39 is 0 Å². The van der Waals surface area contributed by atoms with Gasteiger partial charge in [0.1, 0.15) is 0 Å². The van der Waals surface area contributed by atoms with Crippen molar-refractivity contribution < 1.29 is 14.3 Å². The van der Waals surface area contributed by atoms with Crippen LogP contribution in [-0.2, 0) is 17.6 Å². The Bertz CT molecular complexity index is 1140. The van der Waals surface area contributed by atoms with Crippen molar-refractivity contribution in [3.63, 3.8) is 0 Å². The van der Waals surface area contributed by atoms with E-state index in [9.17, 15) is 9.59 Å². The molecule has 34 heavy (non-hydrogen) atoms. The number of ether oxygens (including phenoxy) is 1. The summed E-state index contributed by atoms with van der Waals surface area (Å²) < 4.78 is 6.99. The summed E-state index contributed by atoms with van der Waals surface area (Å²) in [5.41, 5.74) is 5.04. The SMILES string of the molecule is CCNC(CCc1ccc(C(=O)c2c(CC)cc3cc(C(=O)OCC)ccn23)cc1)C(C)(C)C. The molecule has 1 atom stereocenters. The van der Waals surface area contributed by atoms with Crippen LogP contribution in [0.5, 0.6) is 0 Å². The van der Waals surface area contributed by atoms with E-state index in [-0.39, 0.29) is 17.2 Å². The number of carbonyl (C=O) groups excluding carboxylic acids is 2. The van der Waals surface area contributed by atoms with Gasteiger partial charge in [0.25, 0.3) is 0 Å². The number of pyridine rings is 1. The zero-order valence-electron chi connectivity index (χ0n) is 21.4. The Hall–Kier alpha value is -2.92. The highest BCUT2D eigenvalue weighted by molar-refractivity contribution is 6.09. The van der Waals surface area contributed by atoms with Crippen molar-refractivity contribution in [1.29, 1.82) is 0 Å². The van der Waals surface area contributed by atoms with Crippen molar-refractivity contribution in [1.82, 2.24) is 9.72 Å². The predicted octanol–water partition coefficient (Wildman–Crippen LogP) is 5.87. The second-order valence-corrected chi connectivity index (χ2v) is 9.84. The van der Waals surface area contributed by atoms with Crippen LogP contribution in [0, 0.1) is 5.41 Å². The predicted molar refractivity (Wildman–Crippen MR) is 138 cm³/mol. The first kappa shape index (κ1) is 25.7. The van der Waals surface area contributed by atoms with Gasteiger partial charge in [0.2, 0.25) is 5.78 Å². The van der Waals surface area contributed by atoms with Gasteiger partial charge in [-0.1, -0.05) is 58.9 Å². The molecule has 5 heteroatoms. The highest BCUT2D eigenvalue weighted by atomic mass is 16.5. The summed E-state index contributed by atoms with van der Waals surface area (Å²) in [7, 11) is 0. The summed E-state index contributed by atoms with van der Waals surface area (Å²) in [5.74, 6) is -0.358. The lowest BCUT2D eigenvalue weighted by molar-refractivity contribution is 0.0526. The zero-order chi connectivity index (χ0) is 24.9. The number of esters is 1. The molecule has 0 aliphatic heterocycles. The minimum Gasteiger partial charge on any atom is -0.462 e. The third kappa shape index (κ3) is 5.76. The van der Waals surface area contributed by atoms with Crippen LogP contribution in [0.1, 0.15) is 85.5 Å². The first-order valence-corrected chi connectivity index (χ1v) is 12.4. The van der Waals surface area contributed by atoms with Crippen molar-refractivity contribution in [2.75, 3.05) is 13.2 Å². The van der Waals surface area contributed by atoms with Gasteiger partial charge in [-0.3, -0.25) is 4.79 Å². The maximum absolute atomic E-state index is 13.5. The summed E-state index contributed by atoms with van der Waals surface area (Å²) >= 11 is 0. The van der Waals surface area contributed by atoms with E-state index in [2.05, 4.69) is 45.1 Å². The molecule has 0 fully saturated rings. The number of aromatic nitrogens is 1. The molecule has 182 valence electrons. The molecule has 0 aliphatic rings. The molecular weight excluding hydrogens is 424 g/mol. The molecule has 2 aromatic heterocycles. The van der Waals surface area contributed by atoms with Gasteiger partial charge in [-0.05, 0) is 67.5 Å². The van der Waals surface area contributed by atoms with Crippen molar-refractivity contribution >= 4 is 17.3 Å². The number of hydrogen-bond donors (Lipinski definition) is 1. The van der Waals surface area contributed by atoms with Crippen molar-refractivity contribution in [2.45, 2.75) is 66.8 Å². The number of hydrogen-bond acceptors (Lipinski definition) is 4. The van der Waals surface area contributed by atoms with E-state index in [4.69, 9.17) is 4.74 Å². The molecule has 0 saturated carbocycles. The second-order valence-electron chi connectivity index (χ2n) is 9.84. The average molecular weight is 463 g/mol. The summed E-state index contributed by atoms with van der Waals surface area (Å²) in [5, 5.41) is 3.60. The fourth-order valence-corrected chi connectivity index (χ4v) is 4.46. The van der Waals surface area contributed by atoms with Crippen LogP contribution in [0.25, 0.3) is 5.52 Å². The van der Waals surface area contributed by atoms with Crippen LogP contribution in [-0.4, -0.2) is 35.3 Å². The Morgan fingerprint density at radius 3 is 2.29 bits per heavy atom. The molecule has 3 aromatic rings. The molecule has 0 radical (unpaired) electrons. The lowest BCUT2D eigenvalue weighted by atomic mass is 9.83. The van der Waals surface area contributed by atoms with E-state index in [0.29, 0.717) is 29.5 Å². The smallest absolute Gasteiger partial charge is 0.338 e. The lowest BCUT2D eigenvalue weighted by Gasteiger charge is -2.31. The minimum absolute atomic E-state index is 0.00694. The van der Waals surface area contributed by atoms with Crippen LogP contribution in [0.2, 0.25) is 0 Å². The number of benzene rings is 1. The highest BCUT2D eigenvalue weighted by Crippen LogP contribution is 2.25. The molecule has 0 bridgehead atoms. The quantitative estimate of drug-likeness (QED) is 0.303. The van der Waals surface area contributed by atoms with Crippen molar-refractivity contribution in [3.05, 3.63) is 76.6 Å². The fraction of sp³-hybridized carbons (Fsp3) is 0.448. The van der Waals surface area contributed by atoms with E-state index in [1.165, 1.54) is 5.56 Å². The third-order valence-corrected chi connectivity index (χ3v) is 6.39. The van der Waals surface area contributed by atoms with Crippen molar-refractivity contribution in [2.24, 2.45) is 5.41 Å². The lowest BCUT2D eigenvalue weighted by Crippen LogP contribution is -2.40. The Kier molecular flexibility index (Phi) is 8.32. The van der Waals surface area contributed by atoms with Crippen LogP contribution in [0.15, 0.2) is 48.7 Å². The van der Waals surface area contributed by atoms with Gasteiger partial charge >= 0.3 is 5.97 Å². The number of aryl methyl sites for hydroxylation is 2. The number of carbonyl (C=O) groups is 2. The number of rotatable bonds is 10. The minimum atomic E-state index is -0.351. The molecule has 1 aromatic carbocycles. The molecule has 3 rings (SSSR count). The Labute approximate surface area is 203 Å². The number of nitrogens with one attached hydrogen (secondary N) is 1. The average Bonchev–Trinajstić information content (AvgIpc) is 3.19. The Morgan fingerprint density at radius 1 is 1.00 bits per heavy atom. The summed E-state index contributed by atoms with van der Waals surface area (Å²) in [6.45, 7) is 14.1. The summed E-state index contributed by atoms with van der Waals surface area (Å²) in [6, 6.07) is 13.9. The maximum atomic E-state index is 13.5. The third-order valence-electron chi connectivity index (χ3n) is 6.39. The van der Waals surface area contributed by atoms with Gasteiger partial charge in [-0.2, -0.15) is 0 Å². The van der Waals surface area contributed by atoms with E-state index in [1.54, 1.807) is 25.3 Å². The Morgan fingerprint density at radius 2 is 1.71 bits per heavy atom. The number of nitrogens with zero attached hydrogens (tertiary/aromatic N) is 1. The zero-order valence-corrected chi connectivity index (χ0v) is 21.4. The Balaban J connectivity index is 1.82. The van der Waals surface area contributed by atoms with E-state index in [1.807, 2.05) is 29.5 Å². The molecule has 0 amide bonds. The maximum Gasteiger partial charge on any atom is 0.338 e. The topological polar surface area (TPSA) is 59.8 Å². The van der Waals surface area contributed by atoms with E-state index in [0.717, 1.165) is 36.9 Å². The van der Waals surface area contributed by atoms with Gasteiger partial charge in [0, 0.05) is 23.3 Å².